The van der Waals surface area contributed by atoms with Gasteiger partial charge in [-0.1, -0.05) is 55.5 Å². The summed E-state index contributed by atoms with van der Waals surface area (Å²) in [6.45, 7) is 8.27. The van der Waals surface area contributed by atoms with Crippen molar-refractivity contribution in [3.8, 4) is 0 Å². The first-order valence-corrected chi connectivity index (χ1v) is 5.85. The highest BCUT2D eigenvalue weighted by atomic mass is 14.1. The lowest BCUT2D eigenvalue weighted by atomic mass is 9.98. The van der Waals surface area contributed by atoms with Crippen molar-refractivity contribution in [2.24, 2.45) is 0 Å². The molecule has 2 rings (SSSR count). The maximum Gasteiger partial charge on any atom is -0.00174 e. The van der Waals surface area contributed by atoms with Crippen molar-refractivity contribution < 1.29 is 0 Å². The second-order valence-electron chi connectivity index (χ2n) is 4.39. The molecule has 0 fully saturated rings. The Hall–Kier alpha value is -1.56. The zero-order chi connectivity index (χ0) is 11.5. The monoisotopic (exact) mass is 210 g/mol. The van der Waals surface area contributed by atoms with Crippen LogP contribution in [0.3, 0.4) is 0 Å². The summed E-state index contributed by atoms with van der Waals surface area (Å²) in [5.41, 5.74) is 6.71. The highest BCUT2D eigenvalue weighted by Crippen LogP contribution is 2.31. The quantitative estimate of drug-likeness (QED) is 0.687. The van der Waals surface area contributed by atoms with E-state index < -0.39 is 0 Å². The molecule has 0 N–H and O–H groups in total. The second-order valence-corrected chi connectivity index (χ2v) is 4.39. The predicted octanol–water partition coefficient (Wildman–Crippen LogP) is 4.54. The van der Waals surface area contributed by atoms with E-state index in [1.807, 2.05) is 0 Å². The first-order valence-electron chi connectivity index (χ1n) is 5.85. The number of rotatable bonds is 3. The number of hydrogen-bond acceptors (Lipinski definition) is 0. The summed E-state index contributed by atoms with van der Waals surface area (Å²) in [6, 6.07) is 8.82. The minimum Gasteiger partial charge on any atom is -0.0958 e. The van der Waals surface area contributed by atoms with E-state index >= 15 is 0 Å². The molecule has 0 radical (unpaired) electrons. The molecule has 1 aliphatic rings. The number of benzene rings is 1. The zero-order valence-electron chi connectivity index (χ0n) is 10.1. The molecule has 0 nitrogen and oxygen atoms in total. The molecule has 0 spiro atoms. The zero-order valence-corrected chi connectivity index (χ0v) is 10.1. The van der Waals surface area contributed by atoms with Crippen LogP contribution in [0.15, 0.2) is 54.1 Å². The van der Waals surface area contributed by atoms with Crippen molar-refractivity contribution in [3.63, 3.8) is 0 Å². The Balaban J connectivity index is 2.19. The fourth-order valence-corrected chi connectivity index (χ4v) is 2.01. The van der Waals surface area contributed by atoms with Gasteiger partial charge >= 0.3 is 0 Å². The van der Waals surface area contributed by atoms with Gasteiger partial charge in [-0.3, -0.25) is 0 Å². The Morgan fingerprint density at radius 1 is 1.31 bits per heavy atom. The molecular weight excluding hydrogens is 192 g/mol. The maximum atomic E-state index is 4.00. The highest BCUT2D eigenvalue weighted by molar-refractivity contribution is 5.74. The first-order chi connectivity index (χ1) is 7.70. The molecule has 0 saturated heterocycles. The Labute approximate surface area is 98.0 Å². The summed E-state index contributed by atoms with van der Waals surface area (Å²) in [5, 5.41) is 0. The third kappa shape index (κ3) is 2.16. The fourth-order valence-electron chi connectivity index (χ4n) is 2.01. The van der Waals surface area contributed by atoms with Crippen LogP contribution >= 0.6 is 0 Å². The lowest BCUT2D eigenvalue weighted by Gasteiger charge is -2.07. The highest BCUT2D eigenvalue weighted by Gasteiger charge is 2.10. The van der Waals surface area contributed by atoms with E-state index in [2.05, 4.69) is 56.8 Å². The van der Waals surface area contributed by atoms with Crippen molar-refractivity contribution in [2.45, 2.75) is 26.7 Å². The molecule has 0 heterocycles. The number of hydrogen-bond donors (Lipinski definition) is 0. The van der Waals surface area contributed by atoms with E-state index in [-0.39, 0.29) is 0 Å². The molecule has 0 unspecified atom stereocenters. The SMILES string of the molecule is C=C(C)C1=CC=C(c2cccc(CC)c2)C1. The van der Waals surface area contributed by atoms with E-state index in [0.717, 1.165) is 12.8 Å². The van der Waals surface area contributed by atoms with E-state index in [9.17, 15) is 0 Å². The second kappa shape index (κ2) is 4.52. The summed E-state index contributed by atoms with van der Waals surface area (Å²) >= 11 is 0. The smallest absolute Gasteiger partial charge is 0.00174 e. The molecule has 0 aliphatic heterocycles. The van der Waals surface area contributed by atoms with Crippen LogP contribution in [-0.2, 0) is 6.42 Å². The third-order valence-electron chi connectivity index (χ3n) is 3.12. The van der Waals surface area contributed by atoms with Crippen LogP contribution in [-0.4, -0.2) is 0 Å². The summed E-state index contributed by atoms with van der Waals surface area (Å²) in [4.78, 5) is 0. The summed E-state index contributed by atoms with van der Waals surface area (Å²) in [5.74, 6) is 0. The van der Waals surface area contributed by atoms with Gasteiger partial charge in [0.2, 0.25) is 0 Å². The topological polar surface area (TPSA) is 0 Å². The van der Waals surface area contributed by atoms with Crippen LogP contribution in [0.4, 0.5) is 0 Å². The van der Waals surface area contributed by atoms with Crippen LogP contribution < -0.4 is 0 Å². The van der Waals surface area contributed by atoms with Gasteiger partial charge < -0.3 is 0 Å². The number of aryl methyl sites for hydroxylation is 1. The van der Waals surface area contributed by atoms with Gasteiger partial charge in [-0.2, -0.15) is 0 Å². The lowest BCUT2D eigenvalue weighted by Crippen LogP contribution is -1.87. The summed E-state index contributed by atoms with van der Waals surface area (Å²) < 4.78 is 0. The Morgan fingerprint density at radius 2 is 2.12 bits per heavy atom. The molecule has 1 aromatic rings. The van der Waals surface area contributed by atoms with E-state index in [0.29, 0.717) is 0 Å². The Morgan fingerprint density at radius 3 is 2.75 bits per heavy atom. The molecule has 82 valence electrons. The molecule has 0 heteroatoms. The van der Waals surface area contributed by atoms with Crippen LogP contribution in [0.25, 0.3) is 5.57 Å². The van der Waals surface area contributed by atoms with Crippen molar-refractivity contribution in [3.05, 3.63) is 65.3 Å². The van der Waals surface area contributed by atoms with Crippen molar-refractivity contribution in [1.82, 2.24) is 0 Å². The van der Waals surface area contributed by atoms with Crippen LogP contribution in [0, 0.1) is 0 Å². The molecule has 1 aromatic carbocycles. The average Bonchev–Trinajstić information content (AvgIpc) is 2.78. The molecule has 0 saturated carbocycles. The van der Waals surface area contributed by atoms with Gasteiger partial charge in [-0.05, 0) is 42.0 Å². The molecule has 0 aromatic heterocycles. The summed E-state index contributed by atoms with van der Waals surface area (Å²) in [6.07, 6.45) is 6.54. The van der Waals surface area contributed by atoms with Crippen LogP contribution in [0.5, 0.6) is 0 Å². The van der Waals surface area contributed by atoms with Crippen LogP contribution in [0.1, 0.15) is 31.4 Å². The third-order valence-corrected chi connectivity index (χ3v) is 3.12. The fraction of sp³-hybridized carbons (Fsp3) is 0.250. The van der Waals surface area contributed by atoms with Crippen molar-refractivity contribution in [1.29, 1.82) is 0 Å². The molecular formula is C16H18. The molecule has 0 atom stereocenters. The van der Waals surface area contributed by atoms with Gasteiger partial charge in [-0.25, -0.2) is 0 Å². The minimum absolute atomic E-state index is 1.03. The minimum atomic E-state index is 1.03. The molecule has 16 heavy (non-hydrogen) atoms. The maximum absolute atomic E-state index is 4.00. The van der Waals surface area contributed by atoms with E-state index in [1.54, 1.807) is 0 Å². The van der Waals surface area contributed by atoms with Gasteiger partial charge in [0.15, 0.2) is 0 Å². The molecule has 0 bridgehead atoms. The standard InChI is InChI=1S/C16H18/c1-4-13-6-5-7-15(10-13)16-9-8-14(11-16)12(2)3/h5-10H,2,4,11H2,1,3H3. The van der Waals surface area contributed by atoms with Crippen LogP contribution in [0.2, 0.25) is 0 Å². The summed E-state index contributed by atoms with van der Waals surface area (Å²) in [7, 11) is 0. The van der Waals surface area contributed by atoms with Gasteiger partial charge in [-0.15, -0.1) is 0 Å². The average molecular weight is 210 g/mol. The van der Waals surface area contributed by atoms with E-state index in [4.69, 9.17) is 0 Å². The van der Waals surface area contributed by atoms with Crippen molar-refractivity contribution in [2.75, 3.05) is 0 Å². The number of allylic oxidation sites excluding steroid dienone is 5. The van der Waals surface area contributed by atoms with Gasteiger partial charge in [0.1, 0.15) is 0 Å². The first kappa shape index (κ1) is 10.9. The predicted molar refractivity (Wildman–Crippen MR) is 71.3 cm³/mol. The largest absolute Gasteiger partial charge is 0.0958 e. The van der Waals surface area contributed by atoms with Gasteiger partial charge in [0.05, 0.1) is 0 Å². The van der Waals surface area contributed by atoms with Gasteiger partial charge in [0, 0.05) is 0 Å². The molecule has 1 aliphatic carbocycles. The van der Waals surface area contributed by atoms with Gasteiger partial charge in [0.25, 0.3) is 0 Å². The molecule has 0 amide bonds. The normalized spacial score (nSPS) is 14.6. The lowest BCUT2D eigenvalue weighted by molar-refractivity contribution is 1.13. The van der Waals surface area contributed by atoms with E-state index in [1.165, 1.54) is 27.8 Å². The van der Waals surface area contributed by atoms with Crippen molar-refractivity contribution >= 4 is 5.57 Å². The Bertz CT molecular complexity index is 473. The Kier molecular flexibility index (Phi) is 3.09.